The Hall–Kier alpha value is -1.09. The average Bonchev–Trinajstić information content (AvgIpc) is 3.23. The van der Waals surface area contributed by atoms with E-state index in [1.807, 2.05) is 6.92 Å². The van der Waals surface area contributed by atoms with E-state index in [2.05, 4.69) is 15.2 Å². The first-order valence-corrected chi connectivity index (χ1v) is 8.84. The number of nitrogens with zero attached hydrogens (tertiary/aromatic N) is 2. The van der Waals surface area contributed by atoms with Gasteiger partial charge in [0.05, 0.1) is 13.0 Å². The molecule has 1 aromatic carbocycles. The third kappa shape index (κ3) is 4.24. The molecule has 0 radical (unpaired) electrons. The van der Waals surface area contributed by atoms with Gasteiger partial charge >= 0.3 is 5.97 Å². The number of benzene rings is 1. The molecule has 3 rings (SSSR count). The first-order valence-electron chi connectivity index (χ1n) is 8.46. The van der Waals surface area contributed by atoms with Crippen molar-refractivity contribution in [2.24, 2.45) is 16.8 Å². The van der Waals surface area contributed by atoms with Crippen molar-refractivity contribution in [3.05, 3.63) is 34.6 Å². The molecule has 0 bridgehead atoms. The lowest BCUT2D eigenvalue weighted by molar-refractivity contribution is -0.145. The Morgan fingerprint density at radius 3 is 2.77 bits per heavy atom. The number of rotatable bonds is 3. The number of ether oxygens (including phenoxy) is 1. The summed E-state index contributed by atoms with van der Waals surface area (Å²) in [6.07, 6.45) is 0.809. The highest BCUT2D eigenvalue weighted by molar-refractivity contribution is 14.0. The molecule has 4 unspecified atom stereocenters. The number of hydrogen-bond donors (Lipinski definition) is 1. The van der Waals surface area contributed by atoms with Gasteiger partial charge in [0.1, 0.15) is 5.82 Å². The van der Waals surface area contributed by atoms with E-state index in [0.717, 1.165) is 18.9 Å². The van der Waals surface area contributed by atoms with Crippen molar-refractivity contribution in [1.82, 2.24) is 10.2 Å². The Labute approximate surface area is 175 Å². The zero-order valence-electron chi connectivity index (χ0n) is 15.0. The van der Waals surface area contributed by atoms with E-state index in [0.29, 0.717) is 17.1 Å². The maximum absolute atomic E-state index is 14.1. The first-order chi connectivity index (χ1) is 12.0. The standard InChI is InChI=1S/C18H23ClFN3O2.HI/c1-10-8-23(9-12(10)17(24)25-3)18(21-2)22-15-7-11(15)16-13(19)5-4-6-14(16)20;/h4-6,10-12,15H,7-9H2,1-3H3,(H,21,22);1H. The van der Waals surface area contributed by atoms with Crippen LogP contribution in [0.25, 0.3) is 0 Å². The van der Waals surface area contributed by atoms with Gasteiger partial charge in [0, 0.05) is 42.7 Å². The summed E-state index contributed by atoms with van der Waals surface area (Å²) in [5.74, 6) is 0.367. The number of carbonyl (C=O) groups excluding carboxylic acids is 1. The zero-order chi connectivity index (χ0) is 18.1. The van der Waals surface area contributed by atoms with Crippen LogP contribution in [0, 0.1) is 17.7 Å². The summed E-state index contributed by atoms with van der Waals surface area (Å²) in [5.41, 5.74) is 0.569. The Balaban J connectivity index is 0.00000243. The number of esters is 1. The quantitative estimate of drug-likeness (QED) is 0.303. The van der Waals surface area contributed by atoms with Crippen molar-refractivity contribution in [3.63, 3.8) is 0 Å². The molecule has 0 spiro atoms. The molecule has 5 nitrogen and oxygen atoms in total. The van der Waals surface area contributed by atoms with E-state index < -0.39 is 0 Å². The number of methoxy groups -OCH3 is 1. The second-order valence-corrected chi connectivity index (χ2v) is 7.19. The SMILES string of the molecule is CN=C(NC1CC1c1c(F)cccc1Cl)N1CC(C)C(C(=O)OC)C1.I. The Kier molecular flexibility index (Phi) is 7.12. The monoisotopic (exact) mass is 495 g/mol. The topological polar surface area (TPSA) is 53.9 Å². The Morgan fingerprint density at radius 2 is 2.15 bits per heavy atom. The van der Waals surface area contributed by atoms with Crippen molar-refractivity contribution in [3.8, 4) is 0 Å². The maximum Gasteiger partial charge on any atom is 0.310 e. The summed E-state index contributed by atoms with van der Waals surface area (Å²) in [5, 5.41) is 3.84. The number of nitrogens with one attached hydrogen (secondary N) is 1. The van der Waals surface area contributed by atoms with Gasteiger partial charge in [-0.15, -0.1) is 24.0 Å². The lowest BCUT2D eigenvalue weighted by atomic mass is 9.99. The van der Waals surface area contributed by atoms with Gasteiger partial charge < -0.3 is 15.0 Å². The summed E-state index contributed by atoms with van der Waals surface area (Å²) in [6, 6.07) is 4.87. The van der Waals surface area contributed by atoms with E-state index in [4.69, 9.17) is 16.3 Å². The van der Waals surface area contributed by atoms with Crippen LogP contribution in [0.3, 0.4) is 0 Å². The number of carbonyl (C=O) groups is 1. The molecule has 1 N–H and O–H groups in total. The predicted octanol–water partition coefficient (Wildman–Crippen LogP) is 3.27. The van der Waals surface area contributed by atoms with E-state index in [1.54, 1.807) is 19.2 Å². The molecule has 8 heteroatoms. The van der Waals surface area contributed by atoms with Crippen LogP contribution in [0.5, 0.6) is 0 Å². The predicted molar refractivity (Wildman–Crippen MR) is 111 cm³/mol. The highest BCUT2D eigenvalue weighted by atomic mass is 127. The van der Waals surface area contributed by atoms with Crippen LogP contribution in [0.15, 0.2) is 23.2 Å². The van der Waals surface area contributed by atoms with Crippen LogP contribution in [0.2, 0.25) is 5.02 Å². The highest BCUT2D eigenvalue weighted by Crippen LogP contribution is 2.45. The fourth-order valence-corrected chi connectivity index (χ4v) is 3.90. The molecule has 2 aliphatic rings. The van der Waals surface area contributed by atoms with Gasteiger partial charge in [-0.1, -0.05) is 24.6 Å². The summed E-state index contributed by atoms with van der Waals surface area (Å²) in [4.78, 5) is 18.3. The molecular formula is C18H24ClFIN3O2. The normalized spacial score (nSPS) is 27.7. The Bertz CT molecular complexity index is 683. The molecule has 1 aromatic rings. The minimum Gasteiger partial charge on any atom is -0.469 e. The summed E-state index contributed by atoms with van der Waals surface area (Å²) >= 11 is 6.16. The van der Waals surface area contributed by atoms with Gasteiger partial charge in [-0.2, -0.15) is 0 Å². The van der Waals surface area contributed by atoms with Crippen LogP contribution < -0.4 is 5.32 Å². The van der Waals surface area contributed by atoms with E-state index in [-0.39, 0.29) is 59.6 Å². The molecule has 1 saturated heterocycles. The summed E-state index contributed by atoms with van der Waals surface area (Å²) in [6.45, 7) is 3.34. The van der Waals surface area contributed by atoms with Crippen molar-refractivity contribution < 1.29 is 13.9 Å². The van der Waals surface area contributed by atoms with Crippen LogP contribution >= 0.6 is 35.6 Å². The van der Waals surface area contributed by atoms with Crippen LogP contribution in [-0.2, 0) is 9.53 Å². The smallest absolute Gasteiger partial charge is 0.310 e. The second kappa shape index (κ2) is 8.73. The number of likely N-dealkylation sites (tertiary alicyclic amines) is 1. The first kappa shape index (κ1) is 21.2. The molecule has 2 fully saturated rings. The number of guanidine groups is 1. The molecule has 1 heterocycles. The molecule has 4 atom stereocenters. The van der Waals surface area contributed by atoms with Crippen molar-refractivity contribution >= 4 is 47.5 Å². The molecule has 1 aliphatic heterocycles. The lowest BCUT2D eigenvalue weighted by Crippen LogP contribution is -2.42. The fraction of sp³-hybridized carbons (Fsp3) is 0.556. The maximum atomic E-state index is 14.1. The molecule has 0 amide bonds. The van der Waals surface area contributed by atoms with Gasteiger partial charge in [-0.25, -0.2) is 4.39 Å². The summed E-state index contributed by atoms with van der Waals surface area (Å²) in [7, 11) is 3.13. The van der Waals surface area contributed by atoms with Crippen molar-refractivity contribution in [2.75, 3.05) is 27.2 Å². The molecule has 1 aliphatic carbocycles. The minimum atomic E-state index is -0.266. The molecule has 1 saturated carbocycles. The van der Waals surface area contributed by atoms with Gasteiger partial charge in [0.15, 0.2) is 5.96 Å². The fourth-order valence-electron chi connectivity index (χ4n) is 3.60. The lowest BCUT2D eigenvalue weighted by Gasteiger charge is -2.21. The molecule has 0 aromatic heterocycles. The largest absolute Gasteiger partial charge is 0.469 e. The Morgan fingerprint density at radius 1 is 1.42 bits per heavy atom. The third-order valence-corrected chi connectivity index (χ3v) is 5.43. The van der Waals surface area contributed by atoms with Crippen LogP contribution in [0.4, 0.5) is 4.39 Å². The van der Waals surface area contributed by atoms with Gasteiger partial charge in [0.2, 0.25) is 0 Å². The average molecular weight is 496 g/mol. The molecular weight excluding hydrogens is 472 g/mol. The van der Waals surface area contributed by atoms with Gasteiger partial charge in [0.25, 0.3) is 0 Å². The van der Waals surface area contributed by atoms with E-state index in [1.165, 1.54) is 13.2 Å². The second-order valence-electron chi connectivity index (χ2n) is 6.79. The van der Waals surface area contributed by atoms with Crippen molar-refractivity contribution in [2.45, 2.75) is 25.3 Å². The van der Waals surface area contributed by atoms with Crippen LogP contribution in [-0.4, -0.2) is 50.1 Å². The number of halogens is 3. The van der Waals surface area contributed by atoms with Gasteiger partial charge in [-0.3, -0.25) is 9.79 Å². The highest BCUT2D eigenvalue weighted by Gasteiger charge is 2.44. The molecule has 26 heavy (non-hydrogen) atoms. The summed E-state index contributed by atoms with van der Waals surface area (Å²) < 4.78 is 18.9. The van der Waals surface area contributed by atoms with E-state index in [9.17, 15) is 9.18 Å². The van der Waals surface area contributed by atoms with Gasteiger partial charge in [-0.05, 0) is 24.5 Å². The van der Waals surface area contributed by atoms with Crippen molar-refractivity contribution in [1.29, 1.82) is 0 Å². The zero-order valence-corrected chi connectivity index (χ0v) is 18.1. The number of aliphatic imine (C=N–C) groups is 1. The molecule has 144 valence electrons. The van der Waals surface area contributed by atoms with E-state index >= 15 is 0 Å². The number of hydrogen-bond acceptors (Lipinski definition) is 3. The third-order valence-electron chi connectivity index (χ3n) is 5.10. The van der Waals surface area contributed by atoms with Crippen LogP contribution in [0.1, 0.15) is 24.8 Å². The minimum absolute atomic E-state index is 0.